The normalized spacial score (nSPS) is 45.2. The molecular weight excluding hydrogens is 404 g/mol. The van der Waals surface area contributed by atoms with E-state index in [-0.39, 0.29) is 19.4 Å². The minimum Gasteiger partial charge on any atom is -0.481 e. The summed E-state index contributed by atoms with van der Waals surface area (Å²) in [7, 11) is 0. The molecule has 2 aliphatic rings. The lowest BCUT2D eigenvalue weighted by Gasteiger charge is -2.47. The van der Waals surface area contributed by atoms with E-state index in [1.807, 2.05) is 0 Å². The summed E-state index contributed by atoms with van der Waals surface area (Å²) < 4.78 is 0.172. The largest absolute Gasteiger partial charge is 0.481 e. The van der Waals surface area contributed by atoms with E-state index in [9.17, 15) is 9.90 Å². The van der Waals surface area contributed by atoms with Crippen molar-refractivity contribution in [2.75, 3.05) is 0 Å². The molecule has 2 fully saturated rings. The third-order valence-corrected chi connectivity index (χ3v) is 8.67. The molecule has 2 rings (SSSR count). The van der Waals surface area contributed by atoms with Crippen LogP contribution in [-0.4, -0.2) is 19.6 Å². The van der Waals surface area contributed by atoms with E-state index in [0.29, 0.717) is 0 Å². The summed E-state index contributed by atoms with van der Waals surface area (Å²) in [6, 6.07) is 0. The molecule has 0 amide bonds. The molecule has 3 atom stereocenters. The Morgan fingerprint density at radius 3 is 2.25 bits per heavy atom. The van der Waals surface area contributed by atoms with E-state index in [1.165, 1.54) is 0 Å². The van der Waals surface area contributed by atoms with Crippen molar-refractivity contribution < 1.29 is 9.90 Å². The molecule has 92 valence electrons. The maximum Gasteiger partial charge on any atom is 0.310 e. The average Bonchev–Trinajstić information content (AvgIpc) is 2.64. The molecule has 0 aliphatic heterocycles. The lowest BCUT2D eigenvalue weighted by atomic mass is 9.65. The smallest absolute Gasteiger partial charge is 0.310 e. The van der Waals surface area contributed by atoms with Crippen molar-refractivity contribution in [3.8, 4) is 0 Å². The lowest BCUT2D eigenvalue weighted by Crippen LogP contribution is -2.47. The van der Waals surface area contributed by atoms with Gasteiger partial charge in [0.25, 0.3) is 0 Å². The number of fused-ring (bicyclic) bond motifs is 2. The van der Waals surface area contributed by atoms with Gasteiger partial charge in [-0.05, 0) is 24.7 Å². The third-order valence-electron chi connectivity index (χ3n) is 4.89. The van der Waals surface area contributed by atoms with Crippen LogP contribution >= 0.6 is 47.8 Å². The first-order chi connectivity index (χ1) is 7.21. The highest BCUT2D eigenvalue weighted by molar-refractivity contribution is 9.24. The van der Waals surface area contributed by atoms with E-state index >= 15 is 0 Å². The first-order valence-electron chi connectivity index (χ1n) is 5.36. The highest BCUT2D eigenvalue weighted by atomic mass is 79.9. The van der Waals surface area contributed by atoms with Gasteiger partial charge in [0.15, 0.2) is 0 Å². The van der Waals surface area contributed by atoms with Crippen molar-refractivity contribution in [1.29, 1.82) is 0 Å². The second-order valence-corrected chi connectivity index (χ2v) is 9.65. The van der Waals surface area contributed by atoms with Gasteiger partial charge in [0, 0.05) is 10.2 Å². The van der Waals surface area contributed by atoms with Crippen LogP contribution in [0.1, 0.15) is 33.1 Å². The highest BCUT2D eigenvalue weighted by Gasteiger charge is 2.73. The quantitative estimate of drug-likeness (QED) is 0.684. The zero-order valence-corrected chi connectivity index (χ0v) is 14.0. The van der Waals surface area contributed by atoms with E-state index in [1.54, 1.807) is 0 Å². The molecule has 5 heteroatoms. The number of aliphatic carboxylic acids is 1. The number of alkyl halides is 3. The van der Waals surface area contributed by atoms with Crippen LogP contribution in [0.2, 0.25) is 0 Å². The zero-order valence-electron chi connectivity index (χ0n) is 9.27. The first-order valence-corrected chi connectivity index (χ1v) is 8.11. The summed E-state index contributed by atoms with van der Waals surface area (Å²) in [4.78, 5) is 11.6. The third kappa shape index (κ3) is 1.31. The van der Waals surface area contributed by atoms with Gasteiger partial charge in [-0.15, -0.1) is 0 Å². The summed E-state index contributed by atoms with van der Waals surface area (Å²) in [5.41, 5.74) is -0.579. The number of carboxylic acids is 1. The molecule has 0 aromatic carbocycles. The van der Waals surface area contributed by atoms with Crippen LogP contribution in [-0.2, 0) is 4.79 Å². The van der Waals surface area contributed by atoms with Gasteiger partial charge >= 0.3 is 5.97 Å². The van der Waals surface area contributed by atoms with Crippen LogP contribution in [0.3, 0.4) is 0 Å². The zero-order chi connectivity index (χ0) is 12.4. The molecule has 0 heterocycles. The predicted molar refractivity (Wildman–Crippen MR) is 74.5 cm³/mol. The Hall–Kier alpha value is 0.910. The molecule has 2 bridgehead atoms. The SMILES string of the molecule is CC1(C)[C@H](Br)[C@@]2(C(=O)O)CC[C@]1(C(Br)Br)C2. The molecular formula is C11H15Br3O2. The number of hydrogen-bond donors (Lipinski definition) is 1. The second-order valence-electron chi connectivity index (χ2n) is 5.68. The molecule has 2 aliphatic carbocycles. The van der Waals surface area contributed by atoms with Gasteiger partial charge in [-0.2, -0.15) is 0 Å². The molecule has 0 aromatic rings. The Morgan fingerprint density at radius 2 is 1.94 bits per heavy atom. The maximum absolute atomic E-state index is 11.6. The molecule has 0 aromatic heterocycles. The monoisotopic (exact) mass is 416 g/mol. The Labute approximate surface area is 121 Å². The Balaban J connectivity index is 2.52. The van der Waals surface area contributed by atoms with Gasteiger partial charge in [-0.3, -0.25) is 4.79 Å². The second kappa shape index (κ2) is 3.70. The van der Waals surface area contributed by atoms with Crippen LogP contribution in [0.4, 0.5) is 0 Å². The molecule has 16 heavy (non-hydrogen) atoms. The number of halogens is 3. The highest BCUT2D eigenvalue weighted by Crippen LogP contribution is 2.74. The number of carboxylic acid groups (broad SMARTS) is 1. The van der Waals surface area contributed by atoms with Crippen molar-refractivity contribution in [2.45, 2.75) is 41.7 Å². The van der Waals surface area contributed by atoms with Gasteiger partial charge in [0.2, 0.25) is 0 Å². The summed E-state index contributed by atoms with van der Waals surface area (Å²) in [6.07, 6.45) is 2.49. The van der Waals surface area contributed by atoms with E-state index in [2.05, 4.69) is 61.6 Å². The fraction of sp³-hybridized carbons (Fsp3) is 0.909. The Bertz CT molecular complexity index is 342. The molecule has 0 spiro atoms. The van der Waals surface area contributed by atoms with Crippen molar-refractivity contribution in [3.05, 3.63) is 0 Å². The fourth-order valence-electron chi connectivity index (χ4n) is 3.65. The van der Waals surface area contributed by atoms with Crippen molar-refractivity contribution >= 4 is 53.8 Å². The molecule has 0 radical (unpaired) electrons. The van der Waals surface area contributed by atoms with E-state index in [4.69, 9.17) is 0 Å². The van der Waals surface area contributed by atoms with Gasteiger partial charge in [-0.1, -0.05) is 61.6 Å². The molecule has 2 nitrogen and oxygen atoms in total. The summed E-state index contributed by atoms with van der Waals surface area (Å²) in [5, 5.41) is 9.53. The minimum atomic E-state index is -0.650. The van der Waals surface area contributed by atoms with Crippen LogP contribution < -0.4 is 0 Å². The minimum absolute atomic E-state index is 0.0265. The van der Waals surface area contributed by atoms with Crippen molar-refractivity contribution in [3.63, 3.8) is 0 Å². The van der Waals surface area contributed by atoms with Crippen LogP contribution in [0.25, 0.3) is 0 Å². The summed E-state index contributed by atoms with van der Waals surface area (Å²) in [6.45, 7) is 4.34. The molecule has 0 unspecified atom stereocenters. The number of rotatable bonds is 2. The topological polar surface area (TPSA) is 37.3 Å². The standard InChI is InChI=1S/C11H15Br3O2/c1-9(2)6(12)10(8(15)16)3-4-11(9,5-10)7(13)14/h6-7H,3-5H2,1-2H3,(H,15,16)/t6-,10+,11+/m0/s1. The van der Waals surface area contributed by atoms with E-state index in [0.717, 1.165) is 19.3 Å². The van der Waals surface area contributed by atoms with Crippen molar-refractivity contribution in [2.24, 2.45) is 16.2 Å². The maximum atomic E-state index is 11.6. The number of hydrogen-bond acceptors (Lipinski definition) is 1. The van der Waals surface area contributed by atoms with E-state index < -0.39 is 11.4 Å². The van der Waals surface area contributed by atoms with Gasteiger partial charge < -0.3 is 5.11 Å². The summed E-state index contributed by atoms with van der Waals surface area (Å²) >= 11 is 10.9. The lowest BCUT2D eigenvalue weighted by molar-refractivity contribution is -0.148. The van der Waals surface area contributed by atoms with Gasteiger partial charge in [-0.25, -0.2) is 0 Å². The first kappa shape index (κ1) is 13.3. The molecule has 0 saturated heterocycles. The predicted octanol–water partition coefficient (Wildman–Crippen LogP) is 4.15. The Morgan fingerprint density at radius 1 is 1.38 bits per heavy atom. The molecule has 2 saturated carbocycles. The number of carbonyl (C=O) groups is 1. The summed E-state index contributed by atoms with van der Waals surface area (Å²) in [5.74, 6) is -0.650. The van der Waals surface area contributed by atoms with Crippen LogP contribution in [0.15, 0.2) is 0 Å². The Kier molecular flexibility index (Phi) is 3.09. The average molecular weight is 419 g/mol. The van der Waals surface area contributed by atoms with Gasteiger partial charge in [0.05, 0.1) is 9.15 Å². The van der Waals surface area contributed by atoms with Crippen LogP contribution in [0, 0.1) is 16.2 Å². The fourth-order valence-corrected chi connectivity index (χ4v) is 6.66. The molecule has 1 N–H and O–H groups in total. The van der Waals surface area contributed by atoms with Crippen LogP contribution in [0.5, 0.6) is 0 Å². The van der Waals surface area contributed by atoms with Crippen molar-refractivity contribution in [1.82, 2.24) is 0 Å². The van der Waals surface area contributed by atoms with Gasteiger partial charge in [0.1, 0.15) is 0 Å².